The first kappa shape index (κ1) is 15.6. The molecule has 0 bridgehead atoms. The molecular weight excluding hydrogens is 318 g/mol. The Morgan fingerprint density at radius 2 is 2.15 bits per heavy atom. The van der Waals surface area contributed by atoms with E-state index in [4.69, 9.17) is 4.74 Å². The fraction of sp³-hybridized carbons (Fsp3) is 0.688. The van der Waals surface area contributed by atoms with Gasteiger partial charge in [0.25, 0.3) is 0 Å². The van der Waals surface area contributed by atoms with Gasteiger partial charge in [-0.1, -0.05) is 22.0 Å². The van der Waals surface area contributed by atoms with E-state index >= 15 is 0 Å². The van der Waals surface area contributed by atoms with E-state index in [1.54, 1.807) is 0 Å². The Balaban J connectivity index is 2.27. The Bertz CT molecular complexity index is 446. The lowest BCUT2D eigenvalue weighted by molar-refractivity contribution is 0.0301. The zero-order chi connectivity index (χ0) is 14.8. The van der Waals surface area contributed by atoms with Crippen LogP contribution in [0.15, 0.2) is 22.9 Å². The van der Waals surface area contributed by atoms with Crippen molar-refractivity contribution in [2.24, 2.45) is 0 Å². The highest BCUT2D eigenvalue weighted by Crippen LogP contribution is 2.36. The SMILES string of the molecule is CC(C)(C)OC(=O)N1CCC2=CCCCC2=C1CCBr. The van der Waals surface area contributed by atoms with Crippen LogP contribution in [0.1, 0.15) is 52.9 Å². The van der Waals surface area contributed by atoms with Crippen molar-refractivity contribution >= 4 is 22.0 Å². The number of carbonyl (C=O) groups is 1. The molecule has 0 aromatic carbocycles. The molecule has 0 atom stereocenters. The molecule has 0 saturated carbocycles. The largest absolute Gasteiger partial charge is 0.443 e. The molecule has 3 nitrogen and oxygen atoms in total. The maximum absolute atomic E-state index is 12.4. The van der Waals surface area contributed by atoms with E-state index < -0.39 is 5.60 Å². The summed E-state index contributed by atoms with van der Waals surface area (Å²) in [7, 11) is 0. The molecular formula is C16H24BrNO2. The summed E-state index contributed by atoms with van der Waals surface area (Å²) in [5.74, 6) is 0. The lowest BCUT2D eigenvalue weighted by Crippen LogP contribution is -2.40. The minimum absolute atomic E-state index is 0.203. The summed E-state index contributed by atoms with van der Waals surface area (Å²) in [5.41, 5.74) is 3.55. The molecule has 1 amide bonds. The molecule has 0 aromatic heterocycles. The summed E-state index contributed by atoms with van der Waals surface area (Å²) < 4.78 is 5.55. The van der Waals surface area contributed by atoms with Crippen molar-refractivity contribution in [2.45, 2.75) is 58.5 Å². The van der Waals surface area contributed by atoms with Crippen molar-refractivity contribution in [1.29, 1.82) is 0 Å². The van der Waals surface area contributed by atoms with Gasteiger partial charge < -0.3 is 4.74 Å². The quantitative estimate of drug-likeness (QED) is 0.676. The zero-order valence-corrected chi connectivity index (χ0v) is 14.3. The first-order valence-corrected chi connectivity index (χ1v) is 8.52. The van der Waals surface area contributed by atoms with Gasteiger partial charge in [-0.2, -0.15) is 0 Å². The number of hydrogen-bond donors (Lipinski definition) is 0. The van der Waals surface area contributed by atoms with Gasteiger partial charge in [0.15, 0.2) is 0 Å². The Labute approximate surface area is 130 Å². The van der Waals surface area contributed by atoms with E-state index in [0.29, 0.717) is 0 Å². The summed E-state index contributed by atoms with van der Waals surface area (Å²) in [6.07, 6.45) is 7.43. The smallest absolute Gasteiger partial charge is 0.414 e. The van der Waals surface area contributed by atoms with E-state index in [1.165, 1.54) is 24.0 Å². The number of carbonyl (C=O) groups excluding carboxylic acids is 1. The lowest BCUT2D eigenvalue weighted by Gasteiger charge is -2.36. The van der Waals surface area contributed by atoms with Crippen LogP contribution >= 0.6 is 15.9 Å². The Morgan fingerprint density at radius 3 is 2.80 bits per heavy atom. The average Bonchev–Trinajstić information content (AvgIpc) is 2.37. The number of amides is 1. The molecule has 2 aliphatic rings. The molecule has 0 saturated heterocycles. The van der Waals surface area contributed by atoms with Gasteiger partial charge in [0.1, 0.15) is 5.60 Å². The van der Waals surface area contributed by atoms with Gasteiger partial charge in [-0.3, -0.25) is 4.90 Å². The molecule has 2 rings (SSSR count). The molecule has 0 aromatic rings. The molecule has 0 unspecified atom stereocenters. The average molecular weight is 342 g/mol. The Morgan fingerprint density at radius 1 is 1.40 bits per heavy atom. The normalized spacial score (nSPS) is 19.6. The fourth-order valence-electron chi connectivity index (χ4n) is 2.85. The highest BCUT2D eigenvalue weighted by atomic mass is 79.9. The van der Waals surface area contributed by atoms with Crippen LogP contribution in [0.25, 0.3) is 0 Å². The van der Waals surface area contributed by atoms with Gasteiger partial charge in [0, 0.05) is 17.6 Å². The first-order chi connectivity index (χ1) is 9.42. The number of hydrogen-bond acceptors (Lipinski definition) is 2. The van der Waals surface area contributed by atoms with Gasteiger partial charge >= 0.3 is 6.09 Å². The molecule has 0 fully saturated rings. The van der Waals surface area contributed by atoms with Crippen molar-refractivity contribution in [3.8, 4) is 0 Å². The standard InChI is InChI=1S/C16H24BrNO2/c1-16(2,3)20-15(19)18-11-9-12-6-4-5-7-13(12)14(18)8-10-17/h6H,4-5,7-11H2,1-3H3. The second-order valence-corrected chi connectivity index (χ2v) is 7.16. The van der Waals surface area contributed by atoms with Crippen LogP contribution in [0.5, 0.6) is 0 Å². The van der Waals surface area contributed by atoms with E-state index in [2.05, 4.69) is 22.0 Å². The van der Waals surface area contributed by atoms with Gasteiger partial charge in [-0.25, -0.2) is 4.79 Å². The van der Waals surface area contributed by atoms with E-state index in [9.17, 15) is 4.79 Å². The molecule has 1 heterocycles. The van der Waals surface area contributed by atoms with Crippen LogP contribution in [0.2, 0.25) is 0 Å². The second-order valence-electron chi connectivity index (χ2n) is 6.37. The van der Waals surface area contributed by atoms with Gasteiger partial charge in [0.05, 0.1) is 0 Å². The third-order valence-electron chi connectivity index (χ3n) is 3.63. The van der Waals surface area contributed by atoms with Gasteiger partial charge in [-0.05, 0) is 64.0 Å². The summed E-state index contributed by atoms with van der Waals surface area (Å²) >= 11 is 3.51. The lowest BCUT2D eigenvalue weighted by atomic mass is 9.86. The number of rotatable bonds is 2. The minimum atomic E-state index is -0.441. The van der Waals surface area contributed by atoms with Crippen LogP contribution in [0.3, 0.4) is 0 Å². The van der Waals surface area contributed by atoms with Crippen molar-refractivity contribution < 1.29 is 9.53 Å². The molecule has 112 valence electrons. The maximum atomic E-state index is 12.4. The second kappa shape index (κ2) is 6.33. The van der Waals surface area contributed by atoms with Crippen molar-refractivity contribution in [2.75, 3.05) is 11.9 Å². The van der Waals surface area contributed by atoms with E-state index in [-0.39, 0.29) is 6.09 Å². The third kappa shape index (κ3) is 3.66. The third-order valence-corrected chi connectivity index (χ3v) is 4.03. The summed E-state index contributed by atoms with van der Waals surface area (Å²) in [6, 6.07) is 0. The van der Waals surface area contributed by atoms with Gasteiger partial charge in [0.2, 0.25) is 0 Å². The van der Waals surface area contributed by atoms with E-state index in [1.807, 2.05) is 25.7 Å². The number of allylic oxidation sites excluding steroid dienone is 3. The van der Waals surface area contributed by atoms with E-state index in [0.717, 1.165) is 36.8 Å². The van der Waals surface area contributed by atoms with Crippen LogP contribution in [0, 0.1) is 0 Å². The maximum Gasteiger partial charge on any atom is 0.414 e. The first-order valence-electron chi connectivity index (χ1n) is 7.40. The summed E-state index contributed by atoms with van der Waals surface area (Å²) in [5, 5.41) is 0.873. The molecule has 4 heteroatoms. The zero-order valence-electron chi connectivity index (χ0n) is 12.7. The molecule has 0 N–H and O–H groups in total. The number of nitrogens with zero attached hydrogens (tertiary/aromatic N) is 1. The number of ether oxygens (including phenoxy) is 1. The molecule has 0 radical (unpaired) electrons. The molecule has 20 heavy (non-hydrogen) atoms. The number of alkyl halides is 1. The Hall–Kier alpha value is -0.770. The number of halogens is 1. The van der Waals surface area contributed by atoms with Crippen molar-refractivity contribution in [3.63, 3.8) is 0 Å². The highest BCUT2D eigenvalue weighted by molar-refractivity contribution is 9.09. The molecule has 1 aliphatic carbocycles. The topological polar surface area (TPSA) is 29.5 Å². The summed E-state index contributed by atoms with van der Waals surface area (Å²) in [6.45, 7) is 6.49. The van der Waals surface area contributed by atoms with Crippen LogP contribution in [-0.2, 0) is 4.74 Å². The van der Waals surface area contributed by atoms with Gasteiger partial charge in [-0.15, -0.1) is 0 Å². The monoisotopic (exact) mass is 341 g/mol. The fourth-order valence-corrected chi connectivity index (χ4v) is 3.22. The minimum Gasteiger partial charge on any atom is -0.443 e. The van der Waals surface area contributed by atoms with Crippen LogP contribution < -0.4 is 0 Å². The van der Waals surface area contributed by atoms with Crippen molar-refractivity contribution in [3.05, 3.63) is 22.9 Å². The van der Waals surface area contributed by atoms with Crippen LogP contribution in [-0.4, -0.2) is 28.5 Å². The Kier molecular flexibility index (Phi) is 4.95. The predicted molar refractivity (Wildman–Crippen MR) is 84.9 cm³/mol. The molecule has 1 aliphatic heterocycles. The number of fused-ring (bicyclic) bond motifs is 1. The predicted octanol–water partition coefficient (Wildman–Crippen LogP) is 4.78. The highest BCUT2D eigenvalue weighted by Gasteiger charge is 2.31. The summed E-state index contributed by atoms with van der Waals surface area (Å²) in [4.78, 5) is 14.3. The molecule has 0 spiro atoms. The van der Waals surface area contributed by atoms with Crippen LogP contribution in [0.4, 0.5) is 4.79 Å². The van der Waals surface area contributed by atoms with Crippen molar-refractivity contribution in [1.82, 2.24) is 4.90 Å².